The van der Waals surface area contributed by atoms with Crippen molar-refractivity contribution in [3.05, 3.63) is 34.3 Å². The highest BCUT2D eigenvalue weighted by molar-refractivity contribution is 9.10. The normalized spacial score (nSPS) is 19.4. The highest BCUT2D eigenvalue weighted by atomic mass is 79.9. The van der Waals surface area contributed by atoms with Crippen LogP contribution < -0.4 is 5.73 Å². The molecule has 21 heavy (non-hydrogen) atoms. The maximum absolute atomic E-state index is 10.8. The van der Waals surface area contributed by atoms with Crippen LogP contribution >= 0.6 is 15.9 Å². The van der Waals surface area contributed by atoms with Gasteiger partial charge in [0.25, 0.3) is 0 Å². The Balaban J connectivity index is 2.08. The second-order valence-electron chi connectivity index (χ2n) is 5.61. The van der Waals surface area contributed by atoms with E-state index >= 15 is 0 Å². The number of nitrogens with zero attached hydrogens (tertiary/aromatic N) is 2. The molecule has 4 nitrogen and oxygen atoms in total. The molecule has 1 aliphatic rings. The molecular weight excluding hydrogens is 330 g/mol. The van der Waals surface area contributed by atoms with Crippen LogP contribution in [0.3, 0.4) is 0 Å². The molecule has 1 unspecified atom stereocenters. The van der Waals surface area contributed by atoms with Crippen molar-refractivity contribution in [1.29, 1.82) is 0 Å². The average Bonchev–Trinajstić information content (AvgIpc) is 2.53. The lowest BCUT2D eigenvalue weighted by Crippen LogP contribution is -2.42. The summed E-state index contributed by atoms with van der Waals surface area (Å²) in [5.41, 5.74) is 5.99. The van der Waals surface area contributed by atoms with Gasteiger partial charge < -0.3 is 15.7 Å². The molecule has 0 bridgehead atoms. The third-order valence-corrected chi connectivity index (χ3v) is 4.68. The van der Waals surface area contributed by atoms with E-state index in [-0.39, 0.29) is 0 Å². The summed E-state index contributed by atoms with van der Waals surface area (Å²) in [4.78, 5) is 6.56. The van der Waals surface area contributed by atoms with E-state index in [9.17, 15) is 5.11 Å². The van der Waals surface area contributed by atoms with E-state index in [2.05, 4.69) is 25.8 Å². The van der Waals surface area contributed by atoms with Gasteiger partial charge in [0.05, 0.1) is 6.54 Å². The molecule has 0 aliphatic carbocycles. The van der Waals surface area contributed by atoms with Crippen LogP contribution in [0.25, 0.3) is 0 Å². The quantitative estimate of drug-likeness (QED) is 0.646. The lowest BCUT2D eigenvalue weighted by Gasteiger charge is -2.29. The summed E-state index contributed by atoms with van der Waals surface area (Å²) >= 11 is 3.41. The highest BCUT2D eigenvalue weighted by Gasteiger charge is 2.27. The minimum absolute atomic E-state index is 0.299. The van der Waals surface area contributed by atoms with Crippen LogP contribution in [0, 0.1) is 0 Å². The van der Waals surface area contributed by atoms with Crippen molar-refractivity contribution in [3.63, 3.8) is 0 Å². The summed E-state index contributed by atoms with van der Waals surface area (Å²) in [6.45, 7) is 4.21. The largest absolute Gasteiger partial charge is 0.383 e. The van der Waals surface area contributed by atoms with Gasteiger partial charge in [-0.15, -0.1) is 0 Å². The molecule has 116 valence electrons. The van der Waals surface area contributed by atoms with Crippen LogP contribution in [0.1, 0.15) is 38.2 Å². The molecule has 0 aromatic heterocycles. The number of benzene rings is 1. The molecule has 0 saturated carbocycles. The molecule has 3 N–H and O–H groups in total. The second kappa shape index (κ2) is 7.27. The zero-order chi connectivity index (χ0) is 15.3. The first-order chi connectivity index (χ1) is 10.0. The number of piperidine rings is 1. The minimum atomic E-state index is -0.957. The molecule has 1 heterocycles. The fourth-order valence-electron chi connectivity index (χ4n) is 2.60. The predicted molar refractivity (Wildman–Crippen MR) is 90.2 cm³/mol. The smallest absolute Gasteiger partial charge is 0.191 e. The molecule has 1 atom stereocenters. The van der Waals surface area contributed by atoms with Gasteiger partial charge in [-0.2, -0.15) is 0 Å². The van der Waals surface area contributed by atoms with E-state index < -0.39 is 5.60 Å². The van der Waals surface area contributed by atoms with Crippen molar-refractivity contribution >= 4 is 21.9 Å². The number of guanidine groups is 1. The fourth-order valence-corrected chi connectivity index (χ4v) is 2.87. The van der Waals surface area contributed by atoms with E-state index in [1.165, 1.54) is 19.3 Å². The first kappa shape index (κ1) is 16.3. The van der Waals surface area contributed by atoms with E-state index in [0.717, 1.165) is 23.1 Å². The van der Waals surface area contributed by atoms with Crippen molar-refractivity contribution in [2.75, 3.05) is 19.6 Å². The Morgan fingerprint density at radius 3 is 2.48 bits per heavy atom. The lowest BCUT2D eigenvalue weighted by atomic mass is 9.91. The van der Waals surface area contributed by atoms with Gasteiger partial charge in [0.2, 0.25) is 0 Å². The first-order valence-electron chi connectivity index (χ1n) is 7.58. The first-order valence-corrected chi connectivity index (χ1v) is 8.38. The van der Waals surface area contributed by atoms with Gasteiger partial charge in [-0.25, -0.2) is 4.99 Å². The fraction of sp³-hybridized carbons (Fsp3) is 0.562. The van der Waals surface area contributed by atoms with Gasteiger partial charge in [-0.05, 0) is 43.4 Å². The molecule has 1 saturated heterocycles. The van der Waals surface area contributed by atoms with Crippen molar-refractivity contribution in [1.82, 2.24) is 4.90 Å². The van der Waals surface area contributed by atoms with Crippen molar-refractivity contribution in [2.45, 2.75) is 38.2 Å². The van der Waals surface area contributed by atoms with E-state index in [1.807, 2.05) is 31.2 Å². The summed E-state index contributed by atoms with van der Waals surface area (Å²) in [7, 11) is 0. The average molecular weight is 354 g/mol. The summed E-state index contributed by atoms with van der Waals surface area (Å²) in [5, 5.41) is 10.8. The Hall–Kier alpha value is -1.07. The van der Waals surface area contributed by atoms with Crippen LogP contribution in [0.5, 0.6) is 0 Å². The van der Waals surface area contributed by atoms with Gasteiger partial charge in [0.1, 0.15) is 5.60 Å². The monoisotopic (exact) mass is 353 g/mol. The molecule has 1 fully saturated rings. The number of likely N-dealkylation sites (tertiary alicyclic amines) is 1. The maximum atomic E-state index is 10.8. The molecule has 1 aromatic rings. The van der Waals surface area contributed by atoms with Crippen molar-refractivity contribution in [2.24, 2.45) is 10.7 Å². The van der Waals surface area contributed by atoms with Gasteiger partial charge in [0, 0.05) is 17.6 Å². The third-order valence-electron chi connectivity index (χ3n) is 4.15. The van der Waals surface area contributed by atoms with E-state index in [1.54, 1.807) is 0 Å². The summed E-state index contributed by atoms with van der Waals surface area (Å²) in [6.07, 6.45) is 4.20. The number of aliphatic hydroxyl groups is 1. The minimum Gasteiger partial charge on any atom is -0.383 e. The third kappa shape index (κ3) is 4.20. The lowest BCUT2D eigenvalue weighted by molar-refractivity contribution is 0.0420. The summed E-state index contributed by atoms with van der Waals surface area (Å²) in [5.74, 6) is 0.554. The number of aliphatic imine (C=N–C) groups is 1. The topological polar surface area (TPSA) is 61.9 Å². The standard InChI is InChI=1S/C16H24BrN3O/c1-2-16(21,13-6-8-14(17)9-7-13)12-19-15(18)20-10-4-3-5-11-20/h6-9,21H,2-5,10-12H2,1H3,(H2,18,19). The molecule has 0 amide bonds. The van der Waals surface area contributed by atoms with E-state index in [4.69, 9.17) is 5.73 Å². The zero-order valence-electron chi connectivity index (χ0n) is 12.6. The number of halogens is 1. The number of hydrogen-bond acceptors (Lipinski definition) is 2. The molecule has 1 aliphatic heterocycles. The Kier molecular flexibility index (Phi) is 5.65. The highest BCUT2D eigenvalue weighted by Crippen LogP contribution is 2.26. The zero-order valence-corrected chi connectivity index (χ0v) is 14.1. The van der Waals surface area contributed by atoms with Crippen LogP contribution in [-0.2, 0) is 5.60 Å². The van der Waals surface area contributed by atoms with Gasteiger partial charge in [-0.3, -0.25) is 0 Å². The SMILES string of the molecule is CCC(O)(CN=C(N)N1CCCCC1)c1ccc(Br)cc1. The van der Waals surface area contributed by atoms with E-state index in [0.29, 0.717) is 18.9 Å². The summed E-state index contributed by atoms with van der Waals surface area (Å²) < 4.78 is 1.00. The predicted octanol–water partition coefficient (Wildman–Crippen LogP) is 2.85. The molecule has 0 spiro atoms. The molecule has 5 heteroatoms. The summed E-state index contributed by atoms with van der Waals surface area (Å²) in [6, 6.07) is 7.74. The van der Waals surface area contributed by atoms with Crippen molar-refractivity contribution < 1.29 is 5.11 Å². The van der Waals surface area contributed by atoms with Crippen molar-refractivity contribution in [3.8, 4) is 0 Å². The van der Waals surface area contributed by atoms with Crippen LogP contribution in [0.2, 0.25) is 0 Å². The van der Waals surface area contributed by atoms with Gasteiger partial charge in [0.15, 0.2) is 5.96 Å². The number of rotatable bonds is 4. The van der Waals surface area contributed by atoms with Crippen LogP contribution in [-0.4, -0.2) is 35.6 Å². The van der Waals surface area contributed by atoms with Crippen LogP contribution in [0.15, 0.2) is 33.7 Å². The maximum Gasteiger partial charge on any atom is 0.191 e. The van der Waals surface area contributed by atoms with Gasteiger partial charge in [-0.1, -0.05) is 35.0 Å². The second-order valence-corrected chi connectivity index (χ2v) is 6.53. The molecule has 1 aromatic carbocycles. The molecule has 2 rings (SSSR count). The Morgan fingerprint density at radius 2 is 1.90 bits per heavy atom. The molecular formula is C16H24BrN3O. The Bertz CT molecular complexity index is 483. The van der Waals surface area contributed by atoms with Crippen LogP contribution in [0.4, 0.5) is 0 Å². The Morgan fingerprint density at radius 1 is 1.29 bits per heavy atom. The molecule has 0 radical (unpaired) electrons. The number of hydrogen-bond donors (Lipinski definition) is 2. The number of nitrogens with two attached hydrogens (primary N) is 1. The van der Waals surface area contributed by atoms with Gasteiger partial charge >= 0.3 is 0 Å². The Labute approximate surface area is 135 Å².